The number of carbonyl (C=O) groups is 4. The molecule has 1 aliphatic rings. The number of aliphatic hydroxyl groups excluding tert-OH is 1. The van der Waals surface area contributed by atoms with E-state index in [0.29, 0.717) is 17.3 Å². The Bertz CT molecular complexity index is 1730. The van der Waals surface area contributed by atoms with Crippen molar-refractivity contribution < 1.29 is 33.9 Å². The maximum Gasteiger partial charge on any atom is 0.356 e. The first-order valence-corrected chi connectivity index (χ1v) is 16.9. The molecule has 5 rings (SSSR count). The molecule has 0 bridgehead atoms. The van der Waals surface area contributed by atoms with Crippen molar-refractivity contribution in [2.24, 2.45) is 0 Å². The number of nitro benzene ring substituents is 1. The van der Waals surface area contributed by atoms with Gasteiger partial charge >= 0.3 is 5.97 Å². The maximum absolute atomic E-state index is 14.6. The lowest BCUT2D eigenvalue weighted by Gasteiger charge is -2.44. The maximum atomic E-state index is 14.6. The van der Waals surface area contributed by atoms with Gasteiger partial charge in [-0.25, -0.2) is 4.79 Å². The highest BCUT2D eigenvalue weighted by Gasteiger charge is 2.48. The summed E-state index contributed by atoms with van der Waals surface area (Å²) in [5.74, 6) is -2.28. The predicted molar refractivity (Wildman–Crippen MR) is 178 cm³/mol. The zero-order chi connectivity index (χ0) is 32.8. The molecule has 2 atom stereocenters. The topological polar surface area (TPSA) is 144 Å². The molecule has 1 unspecified atom stereocenters. The third-order valence-electron chi connectivity index (χ3n) is 7.41. The van der Waals surface area contributed by atoms with Crippen LogP contribution in [0.1, 0.15) is 18.9 Å². The Morgan fingerprint density at radius 2 is 1.37 bits per heavy atom. The quantitative estimate of drug-likeness (QED) is 0.0640. The summed E-state index contributed by atoms with van der Waals surface area (Å²) in [6.45, 7) is -2.31. The molecule has 1 saturated heterocycles. The molecule has 46 heavy (non-hydrogen) atoms. The number of rotatable bonds is 11. The molecule has 1 N–H and O–H groups in total. The van der Waals surface area contributed by atoms with Gasteiger partial charge in [0.1, 0.15) is 18.1 Å². The van der Waals surface area contributed by atoms with Crippen molar-refractivity contribution in [2.75, 3.05) is 0 Å². The minimum absolute atomic E-state index is 0.0176. The summed E-state index contributed by atoms with van der Waals surface area (Å²) in [4.78, 5) is 65.2. The van der Waals surface area contributed by atoms with E-state index >= 15 is 0 Å². The molecule has 1 amide bonds. The van der Waals surface area contributed by atoms with Crippen molar-refractivity contribution in [1.29, 1.82) is 0 Å². The number of β-lactam (4-membered cyclic amide) rings is 1. The first-order valence-electron chi connectivity index (χ1n) is 14.2. The SMILES string of the molecule is CC(O)C(=O)C(=O)S[C@H]1CC(=O)N1C(C(=O)OCc1ccc([N+](=O)[O-])cc1)=P(c1ccccc1)(c1ccccc1)c1ccccc1. The van der Waals surface area contributed by atoms with Gasteiger partial charge in [-0.1, -0.05) is 103 Å². The monoisotopic (exact) mass is 656 g/mol. The van der Waals surface area contributed by atoms with Crippen LogP contribution in [0, 0.1) is 10.1 Å². The van der Waals surface area contributed by atoms with Gasteiger partial charge in [-0.3, -0.25) is 29.4 Å². The second-order valence-corrected chi connectivity index (χ2v) is 14.8. The van der Waals surface area contributed by atoms with E-state index < -0.39 is 46.1 Å². The Morgan fingerprint density at radius 3 is 1.78 bits per heavy atom. The summed E-state index contributed by atoms with van der Waals surface area (Å²) in [6, 6.07) is 33.4. The zero-order valence-electron chi connectivity index (χ0n) is 24.6. The van der Waals surface area contributed by atoms with Crippen molar-refractivity contribution in [3.63, 3.8) is 0 Å². The number of amides is 1. The van der Waals surface area contributed by atoms with E-state index in [1.165, 1.54) is 36.1 Å². The Hall–Kier alpha value is -4.83. The number of esters is 1. The van der Waals surface area contributed by atoms with Crippen LogP contribution in [0.2, 0.25) is 0 Å². The average molecular weight is 657 g/mol. The molecule has 0 aliphatic carbocycles. The number of hydrogen-bond donors (Lipinski definition) is 1. The number of ether oxygens (including phenoxy) is 1. The molecular formula is C34H29N2O8PS. The highest BCUT2D eigenvalue weighted by molar-refractivity contribution is 8.16. The molecule has 10 nitrogen and oxygen atoms in total. The van der Waals surface area contributed by atoms with Gasteiger partial charge in [-0.15, -0.1) is 0 Å². The molecule has 1 aliphatic heterocycles. The van der Waals surface area contributed by atoms with E-state index in [1.807, 2.05) is 91.0 Å². The van der Waals surface area contributed by atoms with Gasteiger partial charge in [0.25, 0.3) is 10.8 Å². The van der Waals surface area contributed by atoms with E-state index in [1.54, 1.807) is 0 Å². The summed E-state index contributed by atoms with van der Waals surface area (Å²) in [7, 11) is 0. The molecule has 1 fully saturated rings. The largest absolute Gasteiger partial charge is 0.456 e. The average Bonchev–Trinajstić information content (AvgIpc) is 3.08. The van der Waals surface area contributed by atoms with Gasteiger partial charge in [0.05, 0.1) is 16.7 Å². The standard InChI is InChI=1S/C34H29N2O8PS/c1-23(37)31(39)34(41)46-30-21-29(38)35(30)32(33(40)44-22-24-17-19-25(20-18-24)36(42)43)45(26-11-5-2-6-12-26,27-13-7-3-8-14-27)28-15-9-4-10-16-28/h2-20,23,30,37H,21-22H2,1H3/t23?,30-/m0/s1. The number of nitrogens with zero attached hydrogens (tertiary/aromatic N) is 2. The lowest BCUT2D eigenvalue weighted by molar-refractivity contribution is -0.384. The fourth-order valence-electron chi connectivity index (χ4n) is 5.18. The molecule has 0 radical (unpaired) electrons. The van der Waals surface area contributed by atoms with Crippen LogP contribution in [0.15, 0.2) is 115 Å². The lowest BCUT2D eigenvalue weighted by atomic mass is 10.2. The summed E-state index contributed by atoms with van der Waals surface area (Å²) in [5, 5.41) is 21.2. The smallest absolute Gasteiger partial charge is 0.356 e. The van der Waals surface area contributed by atoms with Crippen LogP contribution in [0.5, 0.6) is 0 Å². The number of benzene rings is 4. The van der Waals surface area contributed by atoms with Crippen molar-refractivity contribution in [2.45, 2.75) is 31.4 Å². The number of aliphatic hydroxyl groups is 1. The lowest BCUT2D eigenvalue weighted by Crippen LogP contribution is -2.59. The van der Waals surface area contributed by atoms with E-state index in [0.717, 1.165) is 15.9 Å². The first kappa shape index (κ1) is 32.6. The fourth-order valence-corrected chi connectivity index (χ4v) is 10.7. The second-order valence-electron chi connectivity index (χ2n) is 10.4. The van der Waals surface area contributed by atoms with Crippen molar-refractivity contribution >= 4 is 68.4 Å². The number of Topliss-reactive ketones (excluding diaryl/α,β-unsaturated/α-hetero) is 1. The van der Waals surface area contributed by atoms with Crippen LogP contribution >= 0.6 is 18.6 Å². The van der Waals surface area contributed by atoms with Crippen LogP contribution < -0.4 is 15.9 Å². The molecule has 234 valence electrons. The van der Waals surface area contributed by atoms with Crippen molar-refractivity contribution in [1.82, 2.24) is 4.90 Å². The number of non-ortho nitro benzene ring substituents is 1. The minimum atomic E-state index is -3.25. The van der Waals surface area contributed by atoms with E-state index in [-0.39, 0.29) is 24.1 Å². The Morgan fingerprint density at radius 1 is 0.891 bits per heavy atom. The molecule has 1 heterocycles. The Kier molecular flexibility index (Phi) is 9.96. The van der Waals surface area contributed by atoms with Gasteiger partial charge in [0.2, 0.25) is 11.7 Å². The zero-order valence-corrected chi connectivity index (χ0v) is 26.3. The fraction of sp³-hybridized carbons (Fsp3) is 0.147. The van der Waals surface area contributed by atoms with Crippen LogP contribution in [0.3, 0.4) is 0 Å². The number of nitro groups is 1. The van der Waals surface area contributed by atoms with Gasteiger partial charge in [0, 0.05) is 19.0 Å². The third-order valence-corrected chi connectivity index (χ3v) is 12.7. The Labute approximate surface area is 269 Å². The number of ketones is 1. The van der Waals surface area contributed by atoms with Crippen LogP contribution in [0.4, 0.5) is 5.69 Å². The van der Waals surface area contributed by atoms with Gasteiger partial charge in [-0.2, -0.15) is 0 Å². The molecular weight excluding hydrogens is 627 g/mol. The van der Waals surface area contributed by atoms with Crippen molar-refractivity contribution in [3.8, 4) is 0 Å². The summed E-state index contributed by atoms with van der Waals surface area (Å²) >= 11 is 0.583. The highest BCUT2D eigenvalue weighted by Crippen LogP contribution is 2.49. The van der Waals surface area contributed by atoms with Crippen LogP contribution in [-0.4, -0.2) is 54.6 Å². The first-order chi connectivity index (χ1) is 22.1. The molecule has 4 aromatic carbocycles. The van der Waals surface area contributed by atoms with Crippen LogP contribution in [-0.2, 0) is 30.5 Å². The third kappa shape index (κ3) is 6.44. The Balaban J connectivity index is 1.76. The molecule has 0 saturated carbocycles. The number of likely N-dealkylation sites (tertiary alicyclic amines) is 1. The molecule has 0 aromatic heterocycles. The summed E-state index contributed by atoms with van der Waals surface area (Å²) in [6.07, 6.45) is -1.65. The summed E-state index contributed by atoms with van der Waals surface area (Å²) < 4.78 is 5.89. The van der Waals surface area contributed by atoms with E-state index in [2.05, 4.69) is 0 Å². The predicted octanol–water partition coefficient (Wildman–Crippen LogP) is 3.53. The number of thioether (sulfide) groups is 1. The molecule has 4 aromatic rings. The minimum Gasteiger partial charge on any atom is -0.456 e. The van der Waals surface area contributed by atoms with E-state index in [9.17, 15) is 34.4 Å². The van der Waals surface area contributed by atoms with Crippen LogP contribution in [0.25, 0.3) is 0 Å². The van der Waals surface area contributed by atoms with E-state index in [4.69, 9.17) is 4.74 Å². The van der Waals surface area contributed by atoms with Gasteiger partial charge in [0.15, 0.2) is 0 Å². The number of hydrogen-bond acceptors (Lipinski definition) is 9. The normalized spacial score (nSPS) is 15.0. The number of carbonyl (C=O) groups excluding carboxylic acids is 4. The second kappa shape index (κ2) is 14.1. The van der Waals surface area contributed by atoms with Crippen molar-refractivity contribution in [3.05, 3.63) is 131 Å². The molecule has 12 heteroatoms. The molecule has 0 spiro atoms. The van der Waals surface area contributed by atoms with Gasteiger partial charge in [-0.05, 0) is 40.5 Å². The highest BCUT2D eigenvalue weighted by atomic mass is 32.2. The summed E-state index contributed by atoms with van der Waals surface area (Å²) in [5.41, 5.74) is 0.385. The van der Waals surface area contributed by atoms with Gasteiger partial charge < -0.3 is 9.84 Å².